The highest BCUT2D eigenvalue weighted by molar-refractivity contribution is 6.05. The Morgan fingerprint density at radius 1 is 0.886 bits per heavy atom. The van der Waals surface area contributed by atoms with Gasteiger partial charge in [0.15, 0.2) is 11.5 Å². The Hall–Kier alpha value is -4.01. The number of aromatic nitrogens is 2. The standard InChI is InChI=1S/C26H30N4O5/c1-28-20-15-18(27-24(31)11-9-17-8-10-22(34-3)23(14-17)35-4)19(30-12-6-5-7-13-30)16-21(20)29(2)26(33)25(28)32/h8-11,14-16H,5-7,12-13H2,1-4H3,(H,27,31)/b11-9+. The highest BCUT2D eigenvalue weighted by Gasteiger charge is 2.19. The zero-order valence-electron chi connectivity index (χ0n) is 20.5. The second-order valence-corrected chi connectivity index (χ2v) is 8.57. The summed E-state index contributed by atoms with van der Waals surface area (Å²) < 4.78 is 13.3. The zero-order valence-corrected chi connectivity index (χ0v) is 20.5. The van der Waals surface area contributed by atoms with E-state index >= 15 is 0 Å². The molecule has 9 heteroatoms. The predicted molar refractivity (Wildman–Crippen MR) is 138 cm³/mol. The SMILES string of the molecule is COc1ccc(/C=C/C(=O)Nc2cc3c(cc2N2CCCCC2)n(C)c(=O)c(=O)n3C)cc1OC. The second kappa shape index (κ2) is 10.1. The molecule has 35 heavy (non-hydrogen) atoms. The molecule has 1 amide bonds. The van der Waals surface area contributed by atoms with Crippen LogP contribution >= 0.6 is 0 Å². The van der Waals surface area contributed by atoms with Crippen LogP contribution < -0.4 is 30.8 Å². The van der Waals surface area contributed by atoms with E-state index in [2.05, 4.69) is 10.2 Å². The quantitative estimate of drug-likeness (QED) is 0.433. The summed E-state index contributed by atoms with van der Waals surface area (Å²) >= 11 is 0. The highest BCUT2D eigenvalue weighted by Crippen LogP contribution is 2.33. The summed E-state index contributed by atoms with van der Waals surface area (Å²) in [5, 5.41) is 2.98. The summed E-state index contributed by atoms with van der Waals surface area (Å²) in [5.74, 6) is 0.868. The van der Waals surface area contributed by atoms with E-state index in [1.165, 1.54) is 15.2 Å². The molecular formula is C26H30N4O5. The van der Waals surface area contributed by atoms with E-state index in [4.69, 9.17) is 9.47 Å². The fraction of sp³-hybridized carbons (Fsp3) is 0.346. The molecule has 1 fully saturated rings. The maximum atomic E-state index is 12.9. The number of carbonyl (C=O) groups is 1. The smallest absolute Gasteiger partial charge is 0.316 e. The van der Waals surface area contributed by atoms with Crippen LogP contribution in [0.3, 0.4) is 0 Å². The van der Waals surface area contributed by atoms with E-state index in [0.717, 1.165) is 43.6 Å². The van der Waals surface area contributed by atoms with Crippen molar-refractivity contribution < 1.29 is 14.3 Å². The number of methoxy groups -OCH3 is 2. The molecule has 184 valence electrons. The number of nitrogens with zero attached hydrogens (tertiary/aromatic N) is 3. The number of carbonyl (C=O) groups excluding carboxylic acids is 1. The molecule has 1 N–H and O–H groups in total. The lowest BCUT2D eigenvalue weighted by molar-refractivity contribution is -0.111. The lowest BCUT2D eigenvalue weighted by Gasteiger charge is -2.31. The van der Waals surface area contributed by atoms with Gasteiger partial charge in [-0.1, -0.05) is 6.07 Å². The number of nitrogens with one attached hydrogen (secondary N) is 1. The van der Waals surface area contributed by atoms with Crippen molar-refractivity contribution in [1.82, 2.24) is 9.13 Å². The second-order valence-electron chi connectivity index (χ2n) is 8.57. The summed E-state index contributed by atoms with van der Waals surface area (Å²) in [5.41, 5.74) is 2.21. The first-order valence-electron chi connectivity index (χ1n) is 11.5. The van der Waals surface area contributed by atoms with Gasteiger partial charge >= 0.3 is 11.1 Å². The molecule has 0 saturated carbocycles. The molecule has 0 unspecified atom stereocenters. The molecular weight excluding hydrogens is 448 g/mol. The molecule has 0 atom stereocenters. The average Bonchev–Trinajstić information content (AvgIpc) is 2.89. The molecule has 2 aromatic carbocycles. The fourth-order valence-electron chi connectivity index (χ4n) is 4.41. The first kappa shape index (κ1) is 24.1. The Balaban J connectivity index is 1.71. The van der Waals surface area contributed by atoms with Gasteiger partial charge in [0, 0.05) is 33.3 Å². The van der Waals surface area contributed by atoms with Crippen LogP contribution in [-0.2, 0) is 18.9 Å². The Morgan fingerprint density at radius 2 is 1.51 bits per heavy atom. The number of fused-ring (bicyclic) bond motifs is 1. The van der Waals surface area contributed by atoms with Gasteiger partial charge in [0.05, 0.1) is 36.6 Å². The van der Waals surface area contributed by atoms with Crippen molar-refractivity contribution in [2.24, 2.45) is 14.1 Å². The Bertz CT molecular complexity index is 1410. The number of piperidine rings is 1. The number of anilines is 2. The molecule has 2 heterocycles. The van der Waals surface area contributed by atoms with Crippen molar-refractivity contribution in [3.8, 4) is 11.5 Å². The first-order valence-corrected chi connectivity index (χ1v) is 11.5. The van der Waals surface area contributed by atoms with Crippen molar-refractivity contribution in [2.75, 3.05) is 37.5 Å². The molecule has 0 aliphatic carbocycles. The maximum Gasteiger partial charge on any atom is 0.316 e. The molecule has 0 spiro atoms. The number of hydrogen-bond donors (Lipinski definition) is 1. The van der Waals surface area contributed by atoms with Gasteiger partial charge in [-0.15, -0.1) is 0 Å². The number of rotatable bonds is 6. The van der Waals surface area contributed by atoms with Crippen molar-refractivity contribution in [3.05, 3.63) is 62.7 Å². The van der Waals surface area contributed by atoms with E-state index in [1.54, 1.807) is 52.6 Å². The van der Waals surface area contributed by atoms with Crippen molar-refractivity contribution in [2.45, 2.75) is 19.3 Å². The minimum Gasteiger partial charge on any atom is -0.493 e. The Morgan fingerprint density at radius 3 is 2.14 bits per heavy atom. The lowest BCUT2D eigenvalue weighted by atomic mass is 10.1. The predicted octanol–water partition coefficient (Wildman–Crippen LogP) is 2.90. The van der Waals surface area contributed by atoms with Crippen LogP contribution in [0.2, 0.25) is 0 Å². The Kier molecular flexibility index (Phi) is 6.95. The lowest BCUT2D eigenvalue weighted by Crippen LogP contribution is -2.39. The van der Waals surface area contributed by atoms with E-state index in [9.17, 15) is 14.4 Å². The zero-order chi connectivity index (χ0) is 25.1. The van der Waals surface area contributed by atoms with Crippen LogP contribution in [0.4, 0.5) is 11.4 Å². The van der Waals surface area contributed by atoms with Crippen LogP contribution in [0.1, 0.15) is 24.8 Å². The largest absolute Gasteiger partial charge is 0.493 e. The van der Waals surface area contributed by atoms with E-state index in [-0.39, 0.29) is 5.91 Å². The van der Waals surface area contributed by atoms with Crippen LogP contribution in [0.15, 0.2) is 46.0 Å². The van der Waals surface area contributed by atoms with Crippen molar-refractivity contribution >= 4 is 34.4 Å². The van der Waals surface area contributed by atoms with Gasteiger partial charge in [-0.05, 0) is 55.2 Å². The number of benzene rings is 2. The third kappa shape index (κ3) is 4.80. The molecule has 1 aliphatic heterocycles. The highest BCUT2D eigenvalue weighted by atomic mass is 16.5. The van der Waals surface area contributed by atoms with E-state index < -0.39 is 11.1 Å². The number of hydrogen-bond acceptors (Lipinski definition) is 6. The first-order chi connectivity index (χ1) is 16.8. The third-order valence-corrected chi connectivity index (χ3v) is 6.40. The fourth-order valence-corrected chi connectivity index (χ4v) is 4.41. The van der Waals surface area contributed by atoms with Gasteiger partial charge in [0.1, 0.15) is 0 Å². The molecule has 9 nitrogen and oxygen atoms in total. The third-order valence-electron chi connectivity index (χ3n) is 6.40. The van der Waals surface area contributed by atoms with Gasteiger partial charge < -0.3 is 28.8 Å². The minimum absolute atomic E-state index is 0.313. The topological polar surface area (TPSA) is 94.8 Å². The normalized spacial score (nSPS) is 13.9. The van der Waals surface area contributed by atoms with Crippen molar-refractivity contribution in [3.63, 3.8) is 0 Å². The number of ether oxygens (including phenoxy) is 2. The van der Waals surface area contributed by atoms with Gasteiger partial charge in [-0.3, -0.25) is 14.4 Å². The summed E-state index contributed by atoms with van der Waals surface area (Å²) in [6.45, 7) is 1.71. The van der Waals surface area contributed by atoms with Gasteiger partial charge in [0.25, 0.3) is 0 Å². The monoisotopic (exact) mass is 478 g/mol. The van der Waals surface area contributed by atoms with Crippen LogP contribution in [-0.4, -0.2) is 42.4 Å². The van der Waals surface area contributed by atoms with Gasteiger partial charge in [-0.25, -0.2) is 0 Å². The number of aryl methyl sites for hydroxylation is 2. The molecule has 1 saturated heterocycles. The molecule has 0 radical (unpaired) electrons. The molecule has 0 bridgehead atoms. The summed E-state index contributed by atoms with van der Waals surface area (Å²) in [7, 11) is 6.28. The minimum atomic E-state index is -0.614. The molecule has 1 aromatic heterocycles. The molecule has 1 aliphatic rings. The van der Waals surface area contributed by atoms with Gasteiger partial charge in [-0.2, -0.15) is 0 Å². The van der Waals surface area contributed by atoms with E-state index in [0.29, 0.717) is 28.2 Å². The van der Waals surface area contributed by atoms with Gasteiger partial charge in [0.2, 0.25) is 5.91 Å². The van der Waals surface area contributed by atoms with Crippen LogP contribution in [0, 0.1) is 0 Å². The summed E-state index contributed by atoms with van der Waals surface area (Å²) in [6.07, 6.45) is 6.41. The van der Waals surface area contributed by atoms with Crippen LogP contribution in [0.25, 0.3) is 17.1 Å². The van der Waals surface area contributed by atoms with Crippen molar-refractivity contribution in [1.29, 1.82) is 0 Å². The summed E-state index contributed by atoms with van der Waals surface area (Å²) in [4.78, 5) is 39.9. The van der Waals surface area contributed by atoms with Crippen LogP contribution in [0.5, 0.6) is 11.5 Å². The average molecular weight is 479 g/mol. The van der Waals surface area contributed by atoms with E-state index in [1.807, 2.05) is 12.1 Å². The number of amides is 1. The summed E-state index contributed by atoms with van der Waals surface area (Å²) in [6, 6.07) is 9.04. The molecule has 3 aromatic rings. The Labute approximate surface area is 203 Å². The molecule has 4 rings (SSSR count). The maximum absolute atomic E-state index is 12.9.